The first-order chi connectivity index (χ1) is 13.9. The van der Waals surface area contributed by atoms with Crippen LogP contribution in [0.3, 0.4) is 0 Å². The van der Waals surface area contributed by atoms with E-state index < -0.39 is 0 Å². The molecule has 158 valence electrons. The van der Waals surface area contributed by atoms with Crippen molar-refractivity contribution in [1.82, 2.24) is 9.80 Å². The minimum absolute atomic E-state index is 0.0434. The average Bonchev–Trinajstić information content (AvgIpc) is 2.73. The van der Waals surface area contributed by atoms with Crippen LogP contribution in [0.5, 0.6) is 0 Å². The molecule has 4 rings (SSSR count). The Bertz CT molecular complexity index is 742. The van der Waals surface area contributed by atoms with Crippen LogP contribution < -0.4 is 0 Å². The molecule has 4 nitrogen and oxygen atoms in total. The van der Waals surface area contributed by atoms with Crippen molar-refractivity contribution in [3.63, 3.8) is 0 Å². The molecule has 0 aromatic heterocycles. The number of likely N-dealkylation sites (tertiary alicyclic amines) is 1. The maximum absolute atomic E-state index is 13.3. The third kappa shape index (κ3) is 4.28. The first kappa shape index (κ1) is 20.6. The number of carbonyl (C=O) groups is 2. The van der Waals surface area contributed by atoms with E-state index in [1.165, 1.54) is 45.1 Å². The number of ketones is 1. The van der Waals surface area contributed by atoms with Crippen LogP contribution >= 0.6 is 0 Å². The monoisotopic (exact) mass is 396 g/mol. The molecular weight excluding hydrogens is 360 g/mol. The van der Waals surface area contributed by atoms with Gasteiger partial charge in [0.25, 0.3) is 5.91 Å². The number of fused-ring (bicyclic) bond motifs is 4. The van der Waals surface area contributed by atoms with Gasteiger partial charge < -0.3 is 4.90 Å². The van der Waals surface area contributed by atoms with E-state index in [1.54, 1.807) is 19.1 Å². The summed E-state index contributed by atoms with van der Waals surface area (Å²) >= 11 is 0. The molecule has 3 aliphatic heterocycles. The quantitative estimate of drug-likeness (QED) is 0.681. The zero-order valence-corrected chi connectivity index (χ0v) is 18.3. The van der Waals surface area contributed by atoms with Crippen LogP contribution in [0.1, 0.15) is 80.0 Å². The van der Waals surface area contributed by atoms with E-state index in [1.807, 2.05) is 12.1 Å². The van der Waals surface area contributed by atoms with E-state index >= 15 is 0 Å². The molecule has 1 amide bonds. The zero-order valence-electron chi connectivity index (χ0n) is 18.3. The van der Waals surface area contributed by atoms with Gasteiger partial charge >= 0.3 is 0 Å². The molecule has 0 saturated carbocycles. The number of Topliss-reactive ketones (excluding diaryl/α,β-unsaturated/α-hetero) is 1. The number of piperidine rings is 3. The fourth-order valence-electron chi connectivity index (χ4n) is 6.01. The normalized spacial score (nSPS) is 29.6. The van der Waals surface area contributed by atoms with Gasteiger partial charge in [0.05, 0.1) is 0 Å². The Kier molecular flexibility index (Phi) is 6.10. The van der Waals surface area contributed by atoms with Crippen LogP contribution in [0.15, 0.2) is 24.3 Å². The molecule has 3 heterocycles. The number of hydrogen-bond acceptors (Lipinski definition) is 3. The summed E-state index contributed by atoms with van der Waals surface area (Å²) in [5.74, 6) is 2.13. The Labute approximate surface area is 175 Å². The molecule has 4 heteroatoms. The van der Waals surface area contributed by atoms with Crippen molar-refractivity contribution in [2.75, 3.05) is 19.6 Å². The van der Waals surface area contributed by atoms with Crippen LogP contribution in [-0.2, 0) is 0 Å². The SMILES string of the molecule is CC(=O)c1ccc(C(=O)N2C[C@H]3C[C@@H](C2)[C@H](CCC(C)C)N2CCCC[C@@H]32)cc1. The Morgan fingerprint density at radius 2 is 1.72 bits per heavy atom. The fraction of sp³-hybridized carbons (Fsp3) is 0.680. The summed E-state index contributed by atoms with van der Waals surface area (Å²) < 4.78 is 0. The molecule has 3 saturated heterocycles. The molecule has 2 bridgehead atoms. The van der Waals surface area contributed by atoms with Crippen molar-refractivity contribution >= 4 is 11.7 Å². The van der Waals surface area contributed by atoms with Crippen LogP contribution in [0.2, 0.25) is 0 Å². The minimum Gasteiger partial charge on any atom is -0.338 e. The molecule has 4 atom stereocenters. The number of rotatable bonds is 5. The Morgan fingerprint density at radius 3 is 2.41 bits per heavy atom. The van der Waals surface area contributed by atoms with E-state index in [0.717, 1.165) is 19.0 Å². The van der Waals surface area contributed by atoms with Crippen molar-refractivity contribution < 1.29 is 9.59 Å². The molecule has 0 N–H and O–H groups in total. The summed E-state index contributed by atoms with van der Waals surface area (Å²) in [6, 6.07) is 8.52. The lowest BCUT2D eigenvalue weighted by Crippen LogP contribution is -2.64. The Hall–Kier alpha value is -1.68. The van der Waals surface area contributed by atoms with Crippen LogP contribution in [0, 0.1) is 17.8 Å². The number of benzene rings is 1. The molecule has 1 aromatic rings. The second kappa shape index (κ2) is 8.59. The van der Waals surface area contributed by atoms with Gasteiger partial charge in [-0.1, -0.05) is 32.4 Å². The summed E-state index contributed by atoms with van der Waals surface area (Å²) in [6.07, 6.45) is 7.79. The second-order valence-electron chi connectivity index (χ2n) is 9.94. The Balaban J connectivity index is 1.52. The van der Waals surface area contributed by atoms with E-state index in [4.69, 9.17) is 0 Å². The lowest BCUT2D eigenvalue weighted by Gasteiger charge is -2.57. The van der Waals surface area contributed by atoms with Gasteiger partial charge in [0.1, 0.15) is 0 Å². The predicted octanol–water partition coefficient (Wildman–Crippen LogP) is 4.64. The van der Waals surface area contributed by atoms with Crippen molar-refractivity contribution in [3.05, 3.63) is 35.4 Å². The number of carbonyl (C=O) groups excluding carboxylic acids is 2. The number of amides is 1. The highest BCUT2D eigenvalue weighted by Crippen LogP contribution is 2.43. The van der Waals surface area contributed by atoms with Crippen molar-refractivity contribution in [3.8, 4) is 0 Å². The molecule has 0 aliphatic carbocycles. The van der Waals surface area contributed by atoms with Gasteiger partial charge in [-0.05, 0) is 75.5 Å². The van der Waals surface area contributed by atoms with Gasteiger partial charge in [-0.3, -0.25) is 14.5 Å². The molecule has 0 spiro atoms. The van der Waals surface area contributed by atoms with Crippen molar-refractivity contribution in [2.45, 2.75) is 71.4 Å². The van der Waals surface area contributed by atoms with Gasteiger partial charge in [-0.15, -0.1) is 0 Å². The standard InChI is InChI=1S/C25H36N2O2/c1-17(2)7-12-24-22-14-21(23-6-4-5-13-27(23)24)15-26(16-22)25(29)20-10-8-19(9-11-20)18(3)28/h8-11,17,21-24H,4-7,12-16H2,1-3H3/t21-,22+,23+,24+/m1/s1. The number of hydrogen-bond donors (Lipinski definition) is 0. The van der Waals surface area contributed by atoms with E-state index in [9.17, 15) is 9.59 Å². The maximum atomic E-state index is 13.3. The molecule has 3 aliphatic rings. The third-order valence-corrected chi connectivity index (χ3v) is 7.49. The Morgan fingerprint density at radius 1 is 1.03 bits per heavy atom. The van der Waals surface area contributed by atoms with Gasteiger partial charge in [0.15, 0.2) is 5.78 Å². The van der Waals surface area contributed by atoms with Crippen molar-refractivity contribution in [2.24, 2.45) is 17.8 Å². The van der Waals surface area contributed by atoms with E-state index in [-0.39, 0.29) is 11.7 Å². The fourth-order valence-corrected chi connectivity index (χ4v) is 6.01. The highest BCUT2D eigenvalue weighted by Gasteiger charge is 2.47. The molecule has 0 radical (unpaired) electrons. The lowest BCUT2D eigenvalue weighted by atomic mass is 9.71. The summed E-state index contributed by atoms with van der Waals surface area (Å²) in [4.78, 5) is 29.8. The van der Waals surface area contributed by atoms with Gasteiger partial charge in [-0.2, -0.15) is 0 Å². The van der Waals surface area contributed by atoms with E-state index in [0.29, 0.717) is 35.0 Å². The second-order valence-corrected chi connectivity index (χ2v) is 9.94. The summed E-state index contributed by atoms with van der Waals surface area (Å²) in [6.45, 7) is 9.23. The highest BCUT2D eigenvalue weighted by atomic mass is 16.2. The van der Waals surface area contributed by atoms with Crippen molar-refractivity contribution in [1.29, 1.82) is 0 Å². The lowest BCUT2D eigenvalue weighted by molar-refractivity contribution is -0.0681. The average molecular weight is 397 g/mol. The number of nitrogens with zero attached hydrogens (tertiary/aromatic N) is 2. The maximum Gasteiger partial charge on any atom is 0.253 e. The topological polar surface area (TPSA) is 40.6 Å². The van der Waals surface area contributed by atoms with Gasteiger partial charge in [0.2, 0.25) is 0 Å². The van der Waals surface area contributed by atoms with Gasteiger partial charge in [0, 0.05) is 36.3 Å². The predicted molar refractivity (Wildman–Crippen MR) is 116 cm³/mol. The first-order valence-electron chi connectivity index (χ1n) is 11.6. The molecule has 1 aromatic carbocycles. The summed E-state index contributed by atoms with van der Waals surface area (Å²) in [5, 5.41) is 0. The van der Waals surface area contributed by atoms with Crippen LogP contribution in [0.25, 0.3) is 0 Å². The first-order valence-corrected chi connectivity index (χ1v) is 11.6. The summed E-state index contributed by atoms with van der Waals surface area (Å²) in [5.41, 5.74) is 1.39. The molecule has 3 fully saturated rings. The zero-order chi connectivity index (χ0) is 20.5. The van der Waals surface area contributed by atoms with Gasteiger partial charge in [-0.25, -0.2) is 0 Å². The third-order valence-electron chi connectivity index (χ3n) is 7.49. The molecular formula is C25H36N2O2. The largest absolute Gasteiger partial charge is 0.338 e. The highest BCUT2D eigenvalue weighted by molar-refractivity contribution is 5.97. The molecule has 0 unspecified atom stereocenters. The smallest absolute Gasteiger partial charge is 0.253 e. The minimum atomic E-state index is 0.0434. The van der Waals surface area contributed by atoms with Crippen LogP contribution in [-0.4, -0.2) is 53.2 Å². The summed E-state index contributed by atoms with van der Waals surface area (Å²) in [7, 11) is 0. The van der Waals surface area contributed by atoms with E-state index in [2.05, 4.69) is 23.6 Å². The molecule has 29 heavy (non-hydrogen) atoms. The van der Waals surface area contributed by atoms with Crippen LogP contribution in [0.4, 0.5) is 0 Å².